The van der Waals surface area contributed by atoms with E-state index < -0.39 is 0 Å². The van der Waals surface area contributed by atoms with Gasteiger partial charge >= 0.3 is 0 Å². The molecule has 0 unspecified atom stereocenters. The molecule has 5 nitrogen and oxygen atoms in total. The van der Waals surface area contributed by atoms with Gasteiger partial charge in [-0.25, -0.2) is 0 Å². The Morgan fingerprint density at radius 2 is 1.84 bits per heavy atom. The molecule has 2 rings (SSSR count). The van der Waals surface area contributed by atoms with Gasteiger partial charge < -0.3 is 14.8 Å². The number of thiocarbonyl (C=S) groups is 1. The van der Waals surface area contributed by atoms with Crippen molar-refractivity contribution in [3.8, 4) is 11.8 Å². The molecule has 1 heterocycles. The lowest BCUT2D eigenvalue weighted by Crippen LogP contribution is -2.13. The first-order chi connectivity index (χ1) is 9.24. The van der Waals surface area contributed by atoms with Gasteiger partial charge in [-0.15, -0.1) is 10.2 Å². The van der Waals surface area contributed by atoms with Gasteiger partial charge in [-0.3, -0.25) is 0 Å². The van der Waals surface area contributed by atoms with Gasteiger partial charge in [0.15, 0.2) is 0 Å². The summed E-state index contributed by atoms with van der Waals surface area (Å²) in [5.74, 6) is 0.738. The quantitative estimate of drug-likeness (QED) is 0.864. The van der Waals surface area contributed by atoms with E-state index in [1.54, 1.807) is 6.07 Å². The van der Waals surface area contributed by atoms with Crippen LogP contribution in [0.5, 0.6) is 11.8 Å². The molecule has 19 heavy (non-hydrogen) atoms. The zero-order valence-electron chi connectivity index (χ0n) is 10.6. The van der Waals surface area contributed by atoms with Crippen molar-refractivity contribution in [3.63, 3.8) is 0 Å². The van der Waals surface area contributed by atoms with Crippen LogP contribution in [-0.2, 0) is 0 Å². The van der Waals surface area contributed by atoms with Crippen molar-refractivity contribution in [2.45, 2.75) is 0 Å². The SMILES string of the molecule is COc1cc(C(=S)Nc2ccccc2)c(OC)nn1. The molecular weight excluding hydrogens is 262 g/mol. The van der Waals surface area contributed by atoms with E-state index in [1.165, 1.54) is 14.2 Å². The third-order valence-electron chi connectivity index (χ3n) is 2.42. The molecular formula is C13H13N3O2S. The van der Waals surface area contributed by atoms with Crippen LogP contribution < -0.4 is 14.8 Å². The van der Waals surface area contributed by atoms with Crippen LogP contribution in [0.2, 0.25) is 0 Å². The molecule has 0 atom stereocenters. The van der Waals surface area contributed by atoms with Gasteiger partial charge in [0.05, 0.1) is 19.8 Å². The van der Waals surface area contributed by atoms with Gasteiger partial charge in [0.25, 0.3) is 0 Å². The van der Waals surface area contributed by atoms with Crippen LogP contribution in [-0.4, -0.2) is 29.4 Å². The minimum atomic E-state index is 0.356. The van der Waals surface area contributed by atoms with Crippen molar-refractivity contribution in [1.29, 1.82) is 0 Å². The lowest BCUT2D eigenvalue weighted by Gasteiger charge is -2.11. The minimum Gasteiger partial charge on any atom is -0.480 e. The van der Waals surface area contributed by atoms with Crippen LogP contribution in [0.4, 0.5) is 5.69 Å². The molecule has 1 N–H and O–H groups in total. The standard InChI is InChI=1S/C13H13N3O2S/c1-17-11-8-10(12(18-2)16-15-11)13(19)14-9-6-4-3-5-7-9/h3-8H,1-2H3,(H,14,19). The molecule has 6 heteroatoms. The number of hydrogen-bond acceptors (Lipinski definition) is 5. The molecule has 1 aromatic carbocycles. The minimum absolute atomic E-state index is 0.356. The topological polar surface area (TPSA) is 56.3 Å². The molecule has 0 radical (unpaired) electrons. The number of para-hydroxylation sites is 1. The molecule has 0 saturated carbocycles. The van der Waals surface area contributed by atoms with Gasteiger partial charge in [-0.2, -0.15) is 0 Å². The van der Waals surface area contributed by atoms with Crippen LogP contribution >= 0.6 is 12.2 Å². The normalized spacial score (nSPS) is 9.79. The van der Waals surface area contributed by atoms with Gasteiger partial charge in [-0.1, -0.05) is 30.4 Å². The molecule has 2 aromatic rings. The number of methoxy groups -OCH3 is 2. The second-order valence-electron chi connectivity index (χ2n) is 3.63. The van der Waals surface area contributed by atoms with Gasteiger partial charge in [0.2, 0.25) is 11.8 Å². The summed E-state index contributed by atoms with van der Waals surface area (Å²) >= 11 is 5.35. The Labute approximate surface area is 116 Å². The fourth-order valence-corrected chi connectivity index (χ4v) is 1.76. The zero-order chi connectivity index (χ0) is 13.7. The Bertz CT molecular complexity index is 575. The summed E-state index contributed by atoms with van der Waals surface area (Å²) in [6, 6.07) is 11.3. The summed E-state index contributed by atoms with van der Waals surface area (Å²) < 4.78 is 10.2. The van der Waals surface area contributed by atoms with E-state index in [9.17, 15) is 0 Å². The summed E-state index contributed by atoms with van der Waals surface area (Å²) in [6.45, 7) is 0. The summed E-state index contributed by atoms with van der Waals surface area (Å²) in [6.07, 6.45) is 0. The Kier molecular flexibility index (Phi) is 4.25. The maximum Gasteiger partial charge on any atom is 0.243 e. The molecule has 0 aliphatic carbocycles. The third kappa shape index (κ3) is 3.17. The second-order valence-corrected chi connectivity index (χ2v) is 4.04. The average molecular weight is 275 g/mol. The number of rotatable bonds is 4. The predicted molar refractivity (Wildman–Crippen MR) is 76.9 cm³/mol. The van der Waals surface area contributed by atoms with E-state index in [2.05, 4.69) is 15.5 Å². The zero-order valence-corrected chi connectivity index (χ0v) is 11.4. The van der Waals surface area contributed by atoms with Crippen molar-refractivity contribution in [3.05, 3.63) is 42.0 Å². The third-order valence-corrected chi connectivity index (χ3v) is 2.74. The molecule has 0 amide bonds. The van der Waals surface area contributed by atoms with Crippen molar-refractivity contribution in [2.75, 3.05) is 19.5 Å². The molecule has 0 saturated heterocycles. The lowest BCUT2D eigenvalue weighted by atomic mass is 10.2. The van der Waals surface area contributed by atoms with Crippen molar-refractivity contribution in [2.24, 2.45) is 0 Å². The summed E-state index contributed by atoms with van der Waals surface area (Å²) in [5.41, 5.74) is 1.53. The highest BCUT2D eigenvalue weighted by molar-refractivity contribution is 7.81. The largest absolute Gasteiger partial charge is 0.480 e. The fraction of sp³-hybridized carbons (Fsp3) is 0.154. The summed E-state index contributed by atoms with van der Waals surface area (Å²) in [7, 11) is 3.04. The number of nitrogens with one attached hydrogen (secondary N) is 1. The average Bonchev–Trinajstić information content (AvgIpc) is 2.47. The van der Waals surface area contributed by atoms with E-state index in [0.29, 0.717) is 22.3 Å². The van der Waals surface area contributed by atoms with Gasteiger partial charge in [0.1, 0.15) is 4.99 Å². The van der Waals surface area contributed by atoms with Crippen molar-refractivity contribution in [1.82, 2.24) is 10.2 Å². The number of aromatic nitrogens is 2. The smallest absolute Gasteiger partial charge is 0.243 e. The van der Waals surface area contributed by atoms with Crippen LogP contribution in [0.1, 0.15) is 5.56 Å². The molecule has 0 fully saturated rings. The number of hydrogen-bond donors (Lipinski definition) is 1. The highest BCUT2D eigenvalue weighted by atomic mass is 32.1. The maximum atomic E-state index is 5.35. The van der Waals surface area contributed by atoms with E-state index in [4.69, 9.17) is 21.7 Å². The summed E-state index contributed by atoms with van der Waals surface area (Å²) in [4.78, 5) is 0.497. The molecule has 0 aliphatic heterocycles. The van der Waals surface area contributed by atoms with E-state index in [0.717, 1.165) is 5.69 Å². The first-order valence-electron chi connectivity index (χ1n) is 5.56. The van der Waals surface area contributed by atoms with Crippen LogP contribution in [0, 0.1) is 0 Å². The molecule has 0 spiro atoms. The Morgan fingerprint density at radius 1 is 1.11 bits per heavy atom. The lowest BCUT2D eigenvalue weighted by molar-refractivity contribution is 0.367. The monoisotopic (exact) mass is 275 g/mol. The highest BCUT2D eigenvalue weighted by Gasteiger charge is 2.13. The molecule has 1 aromatic heterocycles. The van der Waals surface area contributed by atoms with Crippen LogP contribution in [0.15, 0.2) is 36.4 Å². The first-order valence-corrected chi connectivity index (χ1v) is 5.97. The first kappa shape index (κ1) is 13.2. The van der Waals surface area contributed by atoms with E-state index in [-0.39, 0.29) is 0 Å². The second kappa shape index (κ2) is 6.10. The van der Waals surface area contributed by atoms with Crippen molar-refractivity contribution >= 4 is 22.9 Å². The van der Waals surface area contributed by atoms with Crippen molar-refractivity contribution < 1.29 is 9.47 Å². The Hall–Kier alpha value is -2.21. The van der Waals surface area contributed by atoms with E-state index in [1.807, 2.05) is 30.3 Å². The molecule has 0 bridgehead atoms. The predicted octanol–water partition coefficient (Wildman–Crippen LogP) is 2.28. The Morgan fingerprint density at radius 3 is 2.47 bits per heavy atom. The highest BCUT2D eigenvalue weighted by Crippen LogP contribution is 2.20. The number of benzene rings is 1. The molecule has 98 valence electrons. The van der Waals surface area contributed by atoms with Gasteiger partial charge in [-0.05, 0) is 12.1 Å². The maximum absolute atomic E-state index is 5.35. The van der Waals surface area contributed by atoms with Crippen LogP contribution in [0.3, 0.4) is 0 Å². The number of ether oxygens (including phenoxy) is 2. The van der Waals surface area contributed by atoms with Gasteiger partial charge in [0, 0.05) is 11.8 Å². The molecule has 0 aliphatic rings. The number of nitrogens with zero attached hydrogens (tertiary/aromatic N) is 2. The number of anilines is 1. The Balaban J connectivity index is 2.27. The van der Waals surface area contributed by atoms with E-state index >= 15 is 0 Å². The summed E-state index contributed by atoms with van der Waals surface area (Å²) in [5, 5.41) is 10.9. The fourth-order valence-electron chi connectivity index (χ4n) is 1.50. The van der Waals surface area contributed by atoms with Crippen LogP contribution in [0.25, 0.3) is 0 Å².